The zero-order valence-electron chi connectivity index (χ0n) is 17.0. The molecule has 0 amide bonds. The van der Waals surface area contributed by atoms with Gasteiger partial charge in [0.1, 0.15) is 5.82 Å². The molecule has 0 fully saturated rings. The Balaban J connectivity index is 1.49. The number of nitrogens with one attached hydrogen (secondary N) is 2. The molecular formula is C25H23FN2O2S. The highest BCUT2D eigenvalue weighted by Gasteiger charge is 2.38. The first-order valence-corrected chi connectivity index (χ1v) is 11.8. The maximum absolute atomic E-state index is 13.4. The number of benzene rings is 3. The molecule has 158 valence electrons. The van der Waals surface area contributed by atoms with E-state index >= 15 is 0 Å². The molecule has 0 unspecified atom stereocenters. The number of sulfonamides is 1. The Labute approximate surface area is 181 Å². The van der Waals surface area contributed by atoms with Gasteiger partial charge in [0.2, 0.25) is 0 Å². The fraction of sp³-hybridized carbons (Fsp3) is 0.200. The molecule has 3 aromatic carbocycles. The van der Waals surface area contributed by atoms with Crippen LogP contribution in [-0.4, -0.2) is 8.42 Å². The predicted octanol–water partition coefficient (Wildman–Crippen LogP) is 5.76. The van der Waals surface area contributed by atoms with Crippen molar-refractivity contribution in [1.82, 2.24) is 0 Å². The van der Waals surface area contributed by atoms with Crippen LogP contribution >= 0.6 is 0 Å². The lowest BCUT2D eigenvalue weighted by molar-refractivity contribution is 0.424. The van der Waals surface area contributed by atoms with Crippen molar-refractivity contribution in [1.29, 1.82) is 0 Å². The summed E-state index contributed by atoms with van der Waals surface area (Å²) in [5.74, 6) is 0.109. The summed E-state index contributed by atoms with van der Waals surface area (Å²) in [4.78, 5) is 0.244. The second-order valence-electron chi connectivity index (χ2n) is 8.25. The molecule has 6 heteroatoms. The van der Waals surface area contributed by atoms with Crippen molar-refractivity contribution in [2.24, 2.45) is 5.92 Å². The van der Waals surface area contributed by atoms with Crippen LogP contribution in [0.15, 0.2) is 83.8 Å². The molecule has 2 aliphatic rings. The Morgan fingerprint density at radius 2 is 1.84 bits per heavy atom. The number of rotatable bonds is 4. The second kappa shape index (κ2) is 7.54. The van der Waals surface area contributed by atoms with Gasteiger partial charge in [-0.15, -0.1) is 0 Å². The van der Waals surface area contributed by atoms with Gasteiger partial charge in [-0.2, -0.15) is 0 Å². The highest BCUT2D eigenvalue weighted by molar-refractivity contribution is 7.92. The summed E-state index contributed by atoms with van der Waals surface area (Å²) in [6.07, 6.45) is 5.19. The molecule has 31 heavy (non-hydrogen) atoms. The fourth-order valence-electron chi connectivity index (χ4n) is 4.66. The van der Waals surface area contributed by atoms with Gasteiger partial charge in [0.15, 0.2) is 0 Å². The summed E-state index contributed by atoms with van der Waals surface area (Å²) < 4.78 is 42.1. The van der Waals surface area contributed by atoms with Crippen molar-refractivity contribution >= 4 is 21.4 Å². The van der Waals surface area contributed by atoms with Gasteiger partial charge in [0.05, 0.1) is 10.9 Å². The highest BCUT2D eigenvalue weighted by Crippen LogP contribution is 2.50. The van der Waals surface area contributed by atoms with Crippen LogP contribution < -0.4 is 10.0 Å². The molecule has 0 spiro atoms. The van der Waals surface area contributed by atoms with Crippen molar-refractivity contribution in [2.75, 3.05) is 10.0 Å². The summed E-state index contributed by atoms with van der Waals surface area (Å²) in [6, 6.07) is 19.2. The van der Waals surface area contributed by atoms with Gasteiger partial charge in [-0.1, -0.05) is 36.4 Å². The van der Waals surface area contributed by atoms with Crippen LogP contribution in [-0.2, 0) is 10.0 Å². The number of halogens is 1. The van der Waals surface area contributed by atoms with Crippen molar-refractivity contribution in [3.63, 3.8) is 0 Å². The monoisotopic (exact) mass is 434 g/mol. The zero-order chi connectivity index (χ0) is 21.6. The SMILES string of the molecule is Cc1cccc(NS(=O)(=O)c2ccc3c(c2)[C@H]2C=CC[C@H]2[C@H](c2ccc(F)cc2)N3)c1. The average Bonchev–Trinajstić information content (AvgIpc) is 3.23. The smallest absolute Gasteiger partial charge is 0.261 e. The number of allylic oxidation sites excluding steroid dienone is 2. The molecule has 0 aromatic heterocycles. The molecule has 0 saturated carbocycles. The van der Waals surface area contributed by atoms with Crippen LogP contribution in [0.4, 0.5) is 15.8 Å². The van der Waals surface area contributed by atoms with E-state index in [0.717, 1.165) is 28.8 Å². The van der Waals surface area contributed by atoms with Gasteiger partial charge >= 0.3 is 0 Å². The molecule has 0 saturated heterocycles. The van der Waals surface area contributed by atoms with Gasteiger partial charge in [0.25, 0.3) is 10.0 Å². The lowest BCUT2D eigenvalue weighted by Gasteiger charge is -2.37. The van der Waals surface area contributed by atoms with E-state index in [4.69, 9.17) is 0 Å². The summed E-state index contributed by atoms with van der Waals surface area (Å²) in [6.45, 7) is 1.92. The van der Waals surface area contributed by atoms with E-state index in [2.05, 4.69) is 22.2 Å². The van der Waals surface area contributed by atoms with Crippen molar-refractivity contribution in [3.05, 3.63) is 101 Å². The van der Waals surface area contributed by atoms with Gasteiger partial charge in [-0.3, -0.25) is 4.72 Å². The van der Waals surface area contributed by atoms with Crippen molar-refractivity contribution in [2.45, 2.75) is 30.2 Å². The van der Waals surface area contributed by atoms with E-state index in [1.165, 1.54) is 12.1 Å². The maximum atomic E-state index is 13.4. The molecule has 2 N–H and O–H groups in total. The lowest BCUT2D eigenvalue weighted by atomic mass is 9.77. The first-order valence-electron chi connectivity index (χ1n) is 10.3. The third-order valence-electron chi connectivity index (χ3n) is 6.14. The second-order valence-corrected chi connectivity index (χ2v) is 9.93. The molecule has 3 atom stereocenters. The zero-order valence-corrected chi connectivity index (χ0v) is 17.9. The van der Waals surface area contributed by atoms with Crippen LogP contribution in [0.25, 0.3) is 0 Å². The van der Waals surface area contributed by atoms with E-state index in [1.807, 2.05) is 37.3 Å². The molecular weight excluding hydrogens is 411 g/mol. The van der Waals surface area contributed by atoms with Gasteiger partial charge in [-0.25, -0.2) is 12.8 Å². The number of anilines is 2. The third-order valence-corrected chi connectivity index (χ3v) is 7.52. The minimum atomic E-state index is -3.71. The standard InChI is InChI=1S/C25H23FN2O2S/c1-16-4-2-5-19(14-16)28-31(29,30)20-12-13-24-23(15-20)21-6-3-7-22(21)25(27-24)17-8-10-18(26)11-9-17/h2-6,8-15,21-22,25,27-28H,7H2,1H3/t21-,22+,25-/m0/s1. The maximum Gasteiger partial charge on any atom is 0.261 e. The van der Waals surface area contributed by atoms with Gasteiger partial charge in [0, 0.05) is 17.3 Å². The molecule has 1 heterocycles. The first-order chi connectivity index (χ1) is 14.9. The van der Waals surface area contributed by atoms with Crippen LogP contribution in [0.3, 0.4) is 0 Å². The number of hydrogen-bond donors (Lipinski definition) is 2. The summed E-state index contributed by atoms with van der Waals surface area (Å²) in [7, 11) is -3.71. The highest BCUT2D eigenvalue weighted by atomic mass is 32.2. The normalized spacial score (nSPS) is 21.8. The number of hydrogen-bond acceptors (Lipinski definition) is 3. The topological polar surface area (TPSA) is 58.2 Å². The van der Waals surface area contributed by atoms with E-state index in [-0.39, 0.29) is 28.6 Å². The molecule has 1 aliphatic carbocycles. The van der Waals surface area contributed by atoms with E-state index in [1.54, 1.807) is 24.3 Å². The quantitative estimate of drug-likeness (QED) is 0.513. The van der Waals surface area contributed by atoms with Crippen LogP contribution in [0.2, 0.25) is 0 Å². The van der Waals surface area contributed by atoms with Crippen molar-refractivity contribution in [3.8, 4) is 0 Å². The van der Waals surface area contributed by atoms with E-state index in [9.17, 15) is 12.8 Å². The molecule has 0 bridgehead atoms. The molecule has 1 aliphatic heterocycles. The Morgan fingerprint density at radius 1 is 1.03 bits per heavy atom. The Morgan fingerprint density at radius 3 is 2.61 bits per heavy atom. The molecule has 5 rings (SSSR count). The summed E-state index contributed by atoms with van der Waals surface area (Å²) in [5.41, 5.74) is 4.45. The first kappa shape index (κ1) is 19.8. The Hall–Kier alpha value is -3.12. The van der Waals surface area contributed by atoms with Crippen LogP contribution in [0, 0.1) is 18.7 Å². The Kier molecular flexibility index (Phi) is 4.82. The Bertz CT molecular complexity index is 1270. The average molecular weight is 435 g/mol. The summed E-state index contributed by atoms with van der Waals surface area (Å²) >= 11 is 0. The van der Waals surface area contributed by atoms with Crippen LogP contribution in [0.5, 0.6) is 0 Å². The molecule has 4 nitrogen and oxygen atoms in total. The third kappa shape index (κ3) is 3.72. The predicted molar refractivity (Wildman–Crippen MR) is 121 cm³/mol. The fourth-order valence-corrected chi connectivity index (χ4v) is 5.75. The van der Waals surface area contributed by atoms with Gasteiger partial charge in [-0.05, 0) is 78.4 Å². The van der Waals surface area contributed by atoms with Gasteiger partial charge < -0.3 is 5.32 Å². The van der Waals surface area contributed by atoms with E-state index in [0.29, 0.717) is 5.69 Å². The summed E-state index contributed by atoms with van der Waals surface area (Å²) in [5, 5.41) is 3.56. The van der Waals surface area contributed by atoms with Crippen LogP contribution in [0.1, 0.15) is 35.1 Å². The molecule has 3 aromatic rings. The minimum absolute atomic E-state index is 0.0426. The number of aryl methyl sites for hydroxylation is 1. The van der Waals surface area contributed by atoms with Crippen molar-refractivity contribution < 1.29 is 12.8 Å². The molecule has 0 radical (unpaired) electrons. The lowest BCUT2D eigenvalue weighted by Crippen LogP contribution is -2.29. The number of fused-ring (bicyclic) bond motifs is 3. The van der Waals surface area contributed by atoms with E-state index < -0.39 is 10.0 Å². The minimum Gasteiger partial charge on any atom is -0.378 e. The largest absolute Gasteiger partial charge is 0.378 e.